The monoisotopic (exact) mass is 315 g/mol. The van der Waals surface area contributed by atoms with Crippen molar-refractivity contribution in [1.29, 1.82) is 0 Å². The van der Waals surface area contributed by atoms with Gasteiger partial charge in [0.2, 0.25) is 0 Å². The lowest BCUT2D eigenvalue weighted by molar-refractivity contribution is -0.255. The second kappa shape index (κ2) is 8.68. The van der Waals surface area contributed by atoms with Crippen LogP contribution in [0.25, 0.3) is 0 Å². The minimum Gasteiger partial charge on any atom is -0.545 e. The van der Waals surface area contributed by atoms with Crippen LogP contribution in [-0.4, -0.2) is 25.8 Å². The van der Waals surface area contributed by atoms with E-state index in [4.69, 9.17) is 14.2 Å². The predicted molar refractivity (Wildman–Crippen MR) is 84.0 cm³/mol. The first-order chi connectivity index (χ1) is 11.2. The number of aromatic carboxylic acids is 1. The number of carboxylic acids is 1. The molecule has 0 aliphatic rings. The Morgan fingerprint density at radius 1 is 0.826 bits per heavy atom. The lowest BCUT2D eigenvalue weighted by atomic mass is 10.2. The highest BCUT2D eigenvalue weighted by molar-refractivity contribution is 5.85. The molecule has 2 rings (SSSR count). The van der Waals surface area contributed by atoms with E-state index in [0.717, 1.165) is 17.9 Å². The van der Waals surface area contributed by atoms with Crippen molar-refractivity contribution in [2.45, 2.75) is 13.3 Å². The SMILES string of the molecule is CCOc1ccc(OCCCOc2ccc(C(=O)[O-])cc2)cc1. The summed E-state index contributed by atoms with van der Waals surface area (Å²) in [6, 6.07) is 13.6. The lowest BCUT2D eigenvalue weighted by Gasteiger charge is -2.09. The number of rotatable bonds is 9. The molecule has 0 saturated heterocycles. The molecule has 5 heteroatoms. The van der Waals surface area contributed by atoms with E-state index in [1.165, 1.54) is 12.1 Å². The van der Waals surface area contributed by atoms with Gasteiger partial charge in [-0.25, -0.2) is 0 Å². The van der Waals surface area contributed by atoms with Crippen LogP contribution in [0.15, 0.2) is 48.5 Å². The minimum atomic E-state index is -1.19. The molecule has 0 bridgehead atoms. The Balaban J connectivity index is 1.66. The predicted octanol–water partition coefficient (Wildman–Crippen LogP) is 2.30. The summed E-state index contributed by atoms with van der Waals surface area (Å²) in [6.07, 6.45) is 0.718. The number of ether oxygens (including phenoxy) is 3. The number of benzene rings is 2. The topological polar surface area (TPSA) is 67.8 Å². The molecule has 0 fully saturated rings. The van der Waals surface area contributed by atoms with Gasteiger partial charge < -0.3 is 24.1 Å². The van der Waals surface area contributed by atoms with E-state index in [2.05, 4.69) is 0 Å². The normalized spacial score (nSPS) is 10.1. The van der Waals surface area contributed by atoms with Gasteiger partial charge >= 0.3 is 0 Å². The van der Waals surface area contributed by atoms with Crippen LogP contribution in [0.5, 0.6) is 17.2 Å². The second-order valence-corrected chi connectivity index (χ2v) is 4.77. The van der Waals surface area contributed by atoms with Crippen LogP contribution < -0.4 is 19.3 Å². The standard InChI is InChI=1S/C18H20O5/c1-2-21-15-8-10-17(11-9-15)23-13-3-12-22-16-6-4-14(5-7-16)18(19)20/h4-11H,2-3,12-13H2,1H3,(H,19,20)/p-1. The number of carbonyl (C=O) groups excluding carboxylic acids is 1. The molecule has 0 atom stereocenters. The van der Waals surface area contributed by atoms with Crippen molar-refractivity contribution >= 4 is 5.97 Å². The van der Waals surface area contributed by atoms with Crippen molar-refractivity contribution in [3.05, 3.63) is 54.1 Å². The van der Waals surface area contributed by atoms with E-state index in [9.17, 15) is 9.90 Å². The van der Waals surface area contributed by atoms with Crippen LogP contribution >= 0.6 is 0 Å². The summed E-state index contributed by atoms with van der Waals surface area (Å²) < 4.78 is 16.5. The van der Waals surface area contributed by atoms with E-state index in [-0.39, 0.29) is 5.56 Å². The zero-order chi connectivity index (χ0) is 16.5. The van der Waals surface area contributed by atoms with Gasteiger partial charge in [-0.2, -0.15) is 0 Å². The van der Waals surface area contributed by atoms with Crippen LogP contribution in [0, 0.1) is 0 Å². The highest BCUT2D eigenvalue weighted by atomic mass is 16.5. The smallest absolute Gasteiger partial charge is 0.119 e. The highest BCUT2D eigenvalue weighted by Gasteiger charge is 1.98. The molecule has 23 heavy (non-hydrogen) atoms. The fourth-order valence-corrected chi connectivity index (χ4v) is 1.92. The molecule has 0 radical (unpaired) electrons. The minimum absolute atomic E-state index is 0.135. The Kier molecular flexibility index (Phi) is 6.29. The quantitative estimate of drug-likeness (QED) is 0.664. The largest absolute Gasteiger partial charge is 0.545 e. The van der Waals surface area contributed by atoms with Crippen molar-refractivity contribution in [3.8, 4) is 17.2 Å². The molecule has 2 aromatic carbocycles. The molecular formula is C18H19O5-. The Bertz CT molecular complexity index is 604. The van der Waals surface area contributed by atoms with E-state index in [0.29, 0.717) is 25.6 Å². The van der Waals surface area contributed by atoms with Gasteiger partial charge in [-0.05, 0) is 61.0 Å². The maximum atomic E-state index is 10.6. The van der Waals surface area contributed by atoms with Crippen molar-refractivity contribution in [2.24, 2.45) is 0 Å². The number of carbonyl (C=O) groups is 1. The van der Waals surface area contributed by atoms with Crippen LogP contribution in [0.1, 0.15) is 23.7 Å². The fraction of sp³-hybridized carbons (Fsp3) is 0.278. The van der Waals surface area contributed by atoms with Crippen LogP contribution in [0.2, 0.25) is 0 Å². The summed E-state index contributed by atoms with van der Waals surface area (Å²) >= 11 is 0. The molecule has 122 valence electrons. The zero-order valence-electron chi connectivity index (χ0n) is 13.0. The van der Waals surface area contributed by atoms with Gasteiger partial charge in [0.05, 0.1) is 25.8 Å². The van der Waals surface area contributed by atoms with Crippen molar-refractivity contribution in [3.63, 3.8) is 0 Å². The van der Waals surface area contributed by atoms with Gasteiger partial charge in [0.25, 0.3) is 0 Å². The summed E-state index contributed by atoms with van der Waals surface area (Å²) in [6.45, 7) is 3.60. The third kappa shape index (κ3) is 5.54. The lowest BCUT2D eigenvalue weighted by Crippen LogP contribution is -2.21. The summed E-state index contributed by atoms with van der Waals surface area (Å²) in [5.74, 6) is 1.03. The van der Waals surface area contributed by atoms with Crippen LogP contribution in [-0.2, 0) is 0 Å². The van der Waals surface area contributed by atoms with Crippen molar-refractivity contribution < 1.29 is 24.1 Å². The molecular weight excluding hydrogens is 296 g/mol. The molecule has 0 heterocycles. The van der Waals surface area contributed by atoms with Gasteiger partial charge in [-0.3, -0.25) is 0 Å². The third-order valence-electron chi connectivity index (χ3n) is 3.05. The molecule has 5 nitrogen and oxygen atoms in total. The molecule has 0 amide bonds. The molecule has 0 N–H and O–H groups in total. The average molecular weight is 315 g/mol. The van der Waals surface area contributed by atoms with Gasteiger partial charge in [-0.1, -0.05) is 0 Å². The maximum absolute atomic E-state index is 10.6. The summed E-state index contributed by atoms with van der Waals surface area (Å²) in [4.78, 5) is 10.6. The van der Waals surface area contributed by atoms with Crippen molar-refractivity contribution in [1.82, 2.24) is 0 Å². The Hall–Kier alpha value is -2.69. The summed E-state index contributed by atoms with van der Waals surface area (Å²) in [5.41, 5.74) is 0.135. The van der Waals surface area contributed by atoms with Gasteiger partial charge in [0, 0.05) is 6.42 Å². The molecule has 0 spiro atoms. The molecule has 0 aliphatic heterocycles. The van der Waals surface area contributed by atoms with E-state index >= 15 is 0 Å². The average Bonchev–Trinajstić information content (AvgIpc) is 2.57. The molecule has 0 unspecified atom stereocenters. The van der Waals surface area contributed by atoms with E-state index < -0.39 is 5.97 Å². The zero-order valence-corrected chi connectivity index (χ0v) is 13.0. The first-order valence-corrected chi connectivity index (χ1v) is 7.49. The van der Waals surface area contributed by atoms with Crippen molar-refractivity contribution in [2.75, 3.05) is 19.8 Å². The number of hydrogen-bond acceptors (Lipinski definition) is 5. The fourth-order valence-electron chi connectivity index (χ4n) is 1.92. The first-order valence-electron chi connectivity index (χ1n) is 7.49. The number of carboxylic acid groups (broad SMARTS) is 1. The van der Waals surface area contributed by atoms with Crippen LogP contribution in [0.3, 0.4) is 0 Å². The second-order valence-electron chi connectivity index (χ2n) is 4.77. The van der Waals surface area contributed by atoms with E-state index in [1.807, 2.05) is 31.2 Å². The van der Waals surface area contributed by atoms with Gasteiger partial charge in [0.15, 0.2) is 0 Å². The number of hydrogen-bond donors (Lipinski definition) is 0. The van der Waals surface area contributed by atoms with Crippen LogP contribution in [0.4, 0.5) is 0 Å². The van der Waals surface area contributed by atoms with Gasteiger partial charge in [-0.15, -0.1) is 0 Å². The molecule has 0 aliphatic carbocycles. The summed E-state index contributed by atoms with van der Waals surface area (Å²) in [5, 5.41) is 10.6. The van der Waals surface area contributed by atoms with E-state index in [1.54, 1.807) is 12.1 Å². The Morgan fingerprint density at radius 3 is 1.70 bits per heavy atom. The molecule has 0 saturated carbocycles. The highest BCUT2D eigenvalue weighted by Crippen LogP contribution is 2.17. The third-order valence-corrected chi connectivity index (χ3v) is 3.05. The van der Waals surface area contributed by atoms with Gasteiger partial charge in [0.1, 0.15) is 17.2 Å². The summed E-state index contributed by atoms with van der Waals surface area (Å²) in [7, 11) is 0. The Morgan fingerprint density at radius 2 is 1.26 bits per heavy atom. The molecule has 2 aromatic rings. The first kappa shape index (κ1) is 16.7. The Labute approximate surface area is 135 Å². The molecule has 0 aromatic heterocycles. The maximum Gasteiger partial charge on any atom is 0.119 e.